The second-order valence-corrected chi connectivity index (χ2v) is 7.96. The molecule has 0 spiro atoms. The van der Waals surface area contributed by atoms with Crippen molar-refractivity contribution in [2.24, 2.45) is 0 Å². The molecule has 0 saturated heterocycles. The number of benzene rings is 2. The van der Waals surface area contributed by atoms with Gasteiger partial charge in [0.05, 0.1) is 27.1 Å². The van der Waals surface area contributed by atoms with E-state index < -0.39 is 10.1 Å². The van der Waals surface area contributed by atoms with Crippen LogP contribution in [0.1, 0.15) is 5.56 Å². The van der Waals surface area contributed by atoms with Crippen molar-refractivity contribution in [3.05, 3.63) is 48.0 Å². The predicted molar refractivity (Wildman–Crippen MR) is 113 cm³/mol. The van der Waals surface area contributed by atoms with Crippen LogP contribution in [-0.4, -0.2) is 60.1 Å². The smallest absolute Gasteiger partial charge is 0.322 e. The molecule has 0 aromatic heterocycles. The predicted octanol–water partition coefficient (Wildman–Crippen LogP) is 2.72. The molecule has 0 radical (unpaired) electrons. The summed E-state index contributed by atoms with van der Waals surface area (Å²) in [5.41, 5.74) is 1.21. The number of nitrogens with zero attached hydrogens (tertiary/aromatic N) is 1. The van der Waals surface area contributed by atoms with Crippen LogP contribution < -0.4 is 19.0 Å². The molecule has 0 aliphatic rings. The van der Waals surface area contributed by atoms with Crippen LogP contribution >= 0.6 is 0 Å². The van der Waals surface area contributed by atoms with Crippen LogP contribution in [0.2, 0.25) is 0 Å². The fourth-order valence-electron chi connectivity index (χ4n) is 2.63. The van der Waals surface area contributed by atoms with Gasteiger partial charge in [0, 0.05) is 44.1 Å². The zero-order valence-electron chi connectivity index (χ0n) is 17.4. The lowest BCUT2D eigenvalue weighted by atomic mass is 10.2. The highest BCUT2D eigenvalue weighted by molar-refractivity contribution is 7.86. The van der Waals surface area contributed by atoms with Crippen LogP contribution in [0.3, 0.4) is 0 Å². The molecule has 0 aliphatic carbocycles. The fourth-order valence-corrected chi connectivity index (χ4v) is 3.08. The Morgan fingerprint density at radius 3 is 2.23 bits per heavy atom. The number of rotatable bonds is 10. The van der Waals surface area contributed by atoms with Gasteiger partial charge in [-0.15, -0.1) is 0 Å². The molecular weight excluding hydrogens is 412 g/mol. The Morgan fingerprint density at radius 1 is 1.00 bits per heavy atom. The van der Waals surface area contributed by atoms with Crippen LogP contribution in [0.4, 0.5) is 10.5 Å². The van der Waals surface area contributed by atoms with Gasteiger partial charge in [-0.25, -0.2) is 4.79 Å². The molecular formula is C20H26N2O7S. The molecule has 0 unspecified atom stereocenters. The monoisotopic (exact) mass is 438 g/mol. The summed E-state index contributed by atoms with van der Waals surface area (Å²) in [5, 5.41) is 2.82. The molecule has 0 saturated carbocycles. The van der Waals surface area contributed by atoms with E-state index >= 15 is 0 Å². The molecule has 10 heteroatoms. The number of hydrogen-bond acceptors (Lipinski definition) is 7. The highest BCUT2D eigenvalue weighted by Gasteiger charge is 2.16. The first-order valence-electron chi connectivity index (χ1n) is 9.00. The average Bonchev–Trinajstić information content (AvgIpc) is 2.69. The van der Waals surface area contributed by atoms with Crippen LogP contribution in [0.5, 0.6) is 17.2 Å². The Labute approximate surface area is 176 Å². The van der Waals surface area contributed by atoms with Gasteiger partial charge < -0.3 is 28.6 Å². The zero-order valence-corrected chi connectivity index (χ0v) is 18.2. The molecule has 9 nitrogen and oxygen atoms in total. The van der Waals surface area contributed by atoms with Gasteiger partial charge in [-0.05, 0) is 17.7 Å². The first-order chi connectivity index (χ1) is 14.2. The quantitative estimate of drug-likeness (QED) is 0.569. The van der Waals surface area contributed by atoms with E-state index in [0.717, 1.165) is 6.26 Å². The van der Waals surface area contributed by atoms with E-state index in [9.17, 15) is 13.2 Å². The highest BCUT2D eigenvalue weighted by atomic mass is 32.2. The summed E-state index contributed by atoms with van der Waals surface area (Å²) in [7, 11) is 0.951. The summed E-state index contributed by atoms with van der Waals surface area (Å²) in [6.07, 6.45) is 0.973. The first kappa shape index (κ1) is 23.3. The van der Waals surface area contributed by atoms with Gasteiger partial charge in [0.25, 0.3) is 0 Å². The third kappa shape index (κ3) is 7.45. The van der Waals surface area contributed by atoms with E-state index in [1.165, 1.54) is 25.2 Å². The van der Waals surface area contributed by atoms with E-state index in [-0.39, 0.29) is 18.3 Å². The number of anilines is 1. The lowest BCUT2D eigenvalue weighted by molar-refractivity contribution is 0.153. The summed E-state index contributed by atoms with van der Waals surface area (Å²) in [5.74, 6) is 1.26. The molecule has 2 rings (SSSR count). The van der Waals surface area contributed by atoms with Crippen LogP contribution in [0.25, 0.3) is 0 Å². The van der Waals surface area contributed by atoms with E-state index in [0.29, 0.717) is 35.9 Å². The van der Waals surface area contributed by atoms with Gasteiger partial charge in [0.15, 0.2) is 0 Å². The lowest BCUT2D eigenvalue weighted by Crippen LogP contribution is -2.36. The maximum atomic E-state index is 12.9. The van der Waals surface area contributed by atoms with E-state index in [2.05, 4.69) is 5.32 Å². The number of nitrogens with one attached hydrogen (secondary N) is 1. The largest absolute Gasteiger partial charge is 0.497 e. The van der Waals surface area contributed by atoms with E-state index in [1.54, 1.807) is 43.5 Å². The molecule has 0 atom stereocenters. The molecule has 2 aromatic rings. The first-order valence-corrected chi connectivity index (χ1v) is 10.8. The standard InChI is InChI=1S/C20H26N2O7S/c1-26-9-8-22(14-15-6-5-7-17(10-15)29-30(4,24)25)20(23)21-16-11-18(27-2)13-19(12-16)28-3/h5-7,10-13H,8-9,14H2,1-4H3,(H,21,23). The van der Waals surface area contributed by atoms with Gasteiger partial charge in [0.1, 0.15) is 17.2 Å². The Bertz CT molecular complexity index is 941. The van der Waals surface area contributed by atoms with Gasteiger partial charge in [0.2, 0.25) is 0 Å². The number of methoxy groups -OCH3 is 3. The van der Waals surface area contributed by atoms with Crippen molar-refractivity contribution in [3.63, 3.8) is 0 Å². The second kappa shape index (κ2) is 10.7. The summed E-state index contributed by atoms with van der Waals surface area (Å²) in [6.45, 7) is 0.867. The molecule has 1 N–H and O–H groups in total. The maximum absolute atomic E-state index is 12.9. The summed E-state index contributed by atoms with van der Waals surface area (Å²) >= 11 is 0. The Kier molecular flexibility index (Phi) is 8.31. The van der Waals surface area contributed by atoms with Gasteiger partial charge in [-0.2, -0.15) is 8.42 Å². The zero-order chi connectivity index (χ0) is 22.1. The molecule has 0 heterocycles. The van der Waals surface area contributed by atoms with Gasteiger partial charge in [-0.1, -0.05) is 12.1 Å². The fraction of sp³-hybridized carbons (Fsp3) is 0.350. The molecule has 0 bridgehead atoms. The lowest BCUT2D eigenvalue weighted by Gasteiger charge is -2.23. The third-order valence-electron chi connectivity index (χ3n) is 3.97. The van der Waals surface area contributed by atoms with Crippen molar-refractivity contribution in [2.45, 2.75) is 6.54 Å². The number of ether oxygens (including phenoxy) is 3. The summed E-state index contributed by atoms with van der Waals surface area (Å²) < 4.78 is 43.2. The molecule has 0 fully saturated rings. The normalized spacial score (nSPS) is 10.9. The van der Waals surface area contributed by atoms with Crippen LogP contribution in [0, 0.1) is 0 Å². The second-order valence-electron chi connectivity index (χ2n) is 6.38. The SMILES string of the molecule is COCCN(Cc1cccc(OS(C)(=O)=O)c1)C(=O)Nc1cc(OC)cc(OC)c1. The van der Waals surface area contributed by atoms with Gasteiger partial charge in [-0.3, -0.25) is 0 Å². The highest BCUT2D eigenvalue weighted by Crippen LogP contribution is 2.26. The van der Waals surface area contributed by atoms with E-state index in [4.69, 9.17) is 18.4 Å². The number of carbonyl (C=O) groups excluding carboxylic acids is 1. The maximum Gasteiger partial charge on any atom is 0.322 e. The van der Waals surface area contributed by atoms with Crippen molar-refractivity contribution in [3.8, 4) is 17.2 Å². The molecule has 30 heavy (non-hydrogen) atoms. The number of carbonyl (C=O) groups is 1. The molecule has 2 amide bonds. The Balaban J connectivity index is 2.19. The Morgan fingerprint density at radius 2 is 1.67 bits per heavy atom. The average molecular weight is 439 g/mol. The van der Waals surface area contributed by atoms with Crippen LogP contribution in [0.15, 0.2) is 42.5 Å². The summed E-state index contributed by atoms with van der Waals surface area (Å²) in [4.78, 5) is 14.4. The number of urea groups is 1. The van der Waals surface area contributed by atoms with Gasteiger partial charge >= 0.3 is 16.1 Å². The molecule has 164 valence electrons. The van der Waals surface area contributed by atoms with Crippen molar-refractivity contribution in [1.29, 1.82) is 0 Å². The van der Waals surface area contributed by atoms with Crippen molar-refractivity contribution >= 4 is 21.8 Å². The summed E-state index contributed by atoms with van der Waals surface area (Å²) in [6, 6.07) is 11.2. The van der Waals surface area contributed by atoms with Crippen LogP contribution in [-0.2, 0) is 21.4 Å². The van der Waals surface area contributed by atoms with Crippen molar-refractivity contribution in [1.82, 2.24) is 4.90 Å². The van der Waals surface area contributed by atoms with Crippen molar-refractivity contribution in [2.75, 3.05) is 46.1 Å². The third-order valence-corrected chi connectivity index (χ3v) is 4.47. The number of amides is 2. The minimum atomic E-state index is -3.64. The molecule has 2 aromatic carbocycles. The minimum absolute atomic E-state index is 0.180. The minimum Gasteiger partial charge on any atom is -0.497 e. The molecule has 0 aliphatic heterocycles. The Hall–Kier alpha value is -2.98. The topological polar surface area (TPSA) is 103 Å². The van der Waals surface area contributed by atoms with Crippen molar-refractivity contribution < 1.29 is 31.6 Å². The number of hydrogen-bond donors (Lipinski definition) is 1. The van der Waals surface area contributed by atoms with E-state index in [1.807, 2.05) is 0 Å².